The number of aromatic hydroxyl groups is 1. The van der Waals surface area contributed by atoms with Gasteiger partial charge in [0.05, 0.1) is 0 Å². The summed E-state index contributed by atoms with van der Waals surface area (Å²) < 4.78 is 1.08. The molecule has 0 saturated carbocycles. The highest BCUT2D eigenvalue weighted by Crippen LogP contribution is 2.25. The Morgan fingerprint density at radius 1 is 1.46 bits per heavy atom. The third-order valence-corrected chi connectivity index (χ3v) is 3.62. The van der Waals surface area contributed by atoms with Crippen LogP contribution in [0.3, 0.4) is 0 Å². The van der Waals surface area contributed by atoms with Crippen molar-refractivity contribution < 1.29 is 5.11 Å². The first-order chi connectivity index (χ1) is 6.24. The Kier molecular flexibility index (Phi) is 4.67. The molecular weight excluding hydrogens is 248 g/mol. The number of phenols is 1. The molecule has 0 aliphatic rings. The minimum Gasteiger partial charge on any atom is -0.508 e. The van der Waals surface area contributed by atoms with E-state index in [0.29, 0.717) is 5.75 Å². The highest BCUT2D eigenvalue weighted by atomic mass is 79.9. The molecule has 1 aromatic rings. The molecule has 3 heteroatoms. The van der Waals surface area contributed by atoms with Gasteiger partial charge in [0.25, 0.3) is 0 Å². The van der Waals surface area contributed by atoms with Gasteiger partial charge in [0, 0.05) is 10.2 Å². The van der Waals surface area contributed by atoms with E-state index in [1.54, 1.807) is 6.07 Å². The molecule has 0 fully saturated rings. The summed E-state index contributed by atoms with van der Waals surface area (Å²) in [5, 5.41) is 9.26. The van der Waals surface area contributed by atoms with Crippen molar-refractivity contribution in [2.75, 3.05) is 5.75 Å². The zero-order chi connectivity index (χ0) is 9.68. The van der Waals surface area contributed by atoms with E-state index in [-0.39, 0.29) is 0 Å². The third-order valence-electron chi connectivity index (χ3n) is 1.64. The molecule has 1 rings (SSSR count). The predicted molar refractivity (Wildman–Crippen MR) is 62.3 cm³/mol. The zero-order valence-electron chi connectivity index (χ0n) is 7.59. The molecule has 72 valence electrons. The Labute approximate surface area is 91.7 Å². The van der Waals surface area contributed by atoms with Gasteiger partial charge in [0.15, 0.2) is 0 Å². The van der Waals surface area contributed by atoms with Gasteiger partial charge in [-0.2, -0.15) is 11.8 Å². The van der Waals surface area contributed by atoms with Gasteiger partial charge in [0.1, 0.15) is 5.75 Å². The standard InChI is InChI=1S/C10H13BrOS/c1-2-5-13-7-8-6-9(12)3-4-10(8)11/h3-4,6,12H,2,5,7H2,1H3. The summed E-state index contributed by atoms with van der Waals surface area (Å²) in [6, 6.07) is 5.39. The molecule has 0 amide bonds. The molecule has 0 bridgehead atoms. The molecule has 13 heavy (non-hydrogen) atoms. The largest absolute Gasteiger partial charge is 0.508 e. The topological polar surface area (TPSA) is 20.2 Å². The molecule has 0 aliphatic carbocycles. The van der Waals surface area contributed by atoms with Gasteiger partial charge >= 0.3 is 0 Å². The second-order valence-corrected chi connectivity index (χ2v) is 4.79. The van der Waals surface area contributed by atoms with Crippen molar-refractivity contribution in [3.05, 3.63) is 28.2 Å². The van der Waals surface area contributed by atoms with E-state index in [0.717, 1.165) is 10.2 Å². The molecule has 1 N–H and O–H groups in total. The molecule has 0 saturated heterocycles. The average Bonchev–Trinajstić information content (AvgIpc) is 2.11. The van der Waals surface area contributed by atoms with Crippen molar-refractivity contribution >= 4 is 27.7 Å². The van der Waals surface area contributed by atoms with Crippen LogP contribution in [0, 0.1) is 0 Å². The van der Waals surface area contributed by atoms with Crippen LogP contribution in [0.1, 0.15) is 18.9 Å². The van der Waals surface area contributed by atoms with Gasteiger partial charge < -0.3 is 5.11 Å². The second-order valence-electron chi connectivity index (χ2n) is 2.83. The van der Waals surface area contributed by atoms with E-state index in [1.165, 1.54) is 17.7 Å². The molecule has 0 atom stereocenters. The van der Waals surface area contributed by atoms with Crippen molar-refractivity contribution in [3.8, 4) is 5.75 Å². The van der Waals surface area contributed by atoms with Crippen LogP contribution in [0.4, 0.5) is 0 Å². The van der Waals surface area contributed by atoms with Crippen LogP contribution in [0.5, 0.6) is 5.75 Å². The van der Waals surface area contributed by atoms with Gasteiger partial charge in [-0.05, 0) is 35.9 Å². The molecule has 0 unspecified atom stereocenters. The molecule has 1 aromatic carbocycles. The van der Waals surface area contributed by atoms with Crippen LogP contribution in [-0.2, 0) is 5.75 Å². The molecule has 1 nitrogen and oxygen atoms in total. The lowest BCUT2D eigenvalue weighted by Gasteiger charge is -2.04. The molecule has 0 aliphatic heterocycles. The number of thioether (sulfide) groups is 1. The maximum absolute atomic E-state index is 9.26. The highest BCUT2D eigenvalue weighted by Gasteiger charge is 2.00. The maximum Gasteiger partial charge on any atom is 0.115 e. The summed E-state index contributed by atoms with van der Waals surface area (Å²) in [5.41, 5.74) is 1.17. The zero-order valence-corrected chi connectivity index (χ0v) is 9.99. The van der Waals surface area contributed by atoms with Crippen molar-refractivity contribution in [1.29, 1.82) is 0 Å². The molecule has 0 aromatic heterocycles. The SMILES string of the molecule is CCCSCc1cc(O)ccc1Br. The minimum atomic E-state index is 0.343. The first-order valence-corrected chi connectivity index (χ1v) is 6.24. The molecule has 0 spiro atoms. The monoisotopic (exact) mass is 260 g/mol. The maximum atomic E-state index is 9.26. The van der Waals surface area contributed by atoms with Gasteiger partial charge in [-0.3, -0.25) is 0 Å². The summed E-state index contributed by atoms with van der Waals surface area (Å²) in [5.74, 6) is 2.47. The fourth-order valence-electron chi connectivity index (χ4n) is 0.998. The summed E-state index contributed by atoms with van der Waals surface area (Å²) in [6.07, 6.45) is 1.20. The van der Waals surface area contributed by atoms with Crippen LogP contribution >= 0.6 is 27.7 Å². The third kappa shape index (κ3) is 3.61. The second kappa shape index (κ2) is 5.55. The predicted octanol–water partition coefficient (Wildman–Crippen LogP) is 3.80. The first-order valence-electron chi connectivity index (χ1n) is 4.29. The van der Waals surface area contributed by atoms with Crippen LogP contribution in [0.15, 0.2) is 22.7 Å². The van der Waals surface area contributed by atoms with Crippen molar-refractivity contribution in [2.45, 2.75) is 19.1 Å². The van der Waals surface area contributed by atoms with Crippen molar-refractivity contribution in [3.63, 3.8) is 0 Å². The Hall–Kier alpha value is -0.150. The number of rotatable bonds is 4. The van der Waals surface area contributed by atoms with E-state index < -0.39 is 0 Å². The quantitative estimate of drug-likeness (QED) is 0.832. The summed E-state index contributed by atoms with van der Waals surface area (Å²) in [7, 11) is 0. The summed E-state index contributed by atoms with van der Waals surface area (Å²) in [4.78, 5) is 0. The van der Waals surface area contributed by atoms with Crippen LogP contribution in [-0.4, -0.2) is 10.9 Å². The summed E-state index contributed by atoms with van der Waals surface area (Å²) >= 11 is 5.35. The minimum absolute atomic E-state index is 0.343. The lowest BCUT2D eigenvalue weighted by atomic mass is 10.2. The number of halogens is 1. The molecular formula is C10H13BrOS. The lowest BCUT2D eigenvalue weighted by Crippen LogP contribution is -1.84. The van der Waals surface area contributed by atoms with Crippen LogP contribution in [0.25, 0.3) is 0 Å². The van der Waals surface area contributed by atoms with Crippen molar-refractivity contribution in [2.24, 2.45) is 0 Å². The Balaban J connectivity index is 2.59. The molecule has 0 heterocycles. The Morgan fingerprint density at radius 2 is 2.23 bits per heavy atom. The summed E-state index contributed by atoms with van der Waals surface area (Å²) in [6.45, 7) is 2.17. The Bertz CT molecular complexity index is 276. The Morgan fingerprint density at radius 3 is 2.92 bits per heavy atom. The van der Waals surface area contributed by atoms with Gasteiger partial charge in [-0.15, -0.1) is 0 Å². The average molecular weight is 261 g/mol. The van der Waals surface area contributed by atoms with Gasteiger partial charge in [-0.1, -0.05) is 22.9 Å². The van der Waals surface area contributed by atoms with E-state index in [4.69, 9.17) is 0 Å². The van der Waals surface area contributed by atoms with E-state index in [1.807, 2.05) is 23.9 Å². The number of hydrogen-bond acceptors (Lipinski definition) is 2. The first kappa shape index (κ1) is 10.9. The number of phenolic OH excluding ortho intramolecular Hbond substituents is 1. The van der Waals surface area contributed by atoms with Crippen molar-refractivity contribution in [1.82, 2.24) is 0 Å². The lowest BCUT2D eigenvalue weighted by molar-refractivity contribution is 0.474. The molecule has 0 radical (unpaired) electrons. The fraction of sp³-hybridized carbons (Fsp3) is 0.400. The van der Waals surface area contributed by atoms with Crippen LogP contribution < -0.4 is 0 Å². The van der Waals surface area contributed by atoms with Gasteiger partial charge in [0.2, 0.25) is 0 Å². The normalized spacial score (nSPS) is 10.3. The van der Waals surface area contributed by atoms with E-state index >= 15 is 0 Å². The van der Waals surface area contributed by atoms with Gasteiger partial charge in [-0.25, -0.2) is 0 Å². The fourth-order valence-corrected chi connectivity index (χ4v) is 2.46. The number of benzene rings is 1. The van der Waals surface area contributed by atoms with Crippen LogP contribution in [0.2, 0.25) is 0 Å². The number of hydrogen-bond donors (Lipinski definition) is 1. The smallest absolute Gasteiger partial charge is 0.115 e. The highest BCUT2D eigenvalue weighted by molar-refractivity contribution is 9.10. The van der Waals surface area contributed by atoms with E-state index in [2.05, 4.69) is 22.9 Å². The van der Waals surface area contributed by atoms with E-state index in [9.17, 15) is 5.11 Å².